The summed E-state index contributed by atoms with van der Waals surface area (Å²) in [6, 6.07) is 4.00. The van der Waals surface area contributed by atoms with Gasteiger partial charge in [0.25, 0.3) is 0 Å². The monoisotopic (exact) mass is 247 g/mol. The smallest absolute Gasteiger partial charge is 0.150 e. The summed E-state index contributed by atoms with van der Waals surface area (Å²) in [5.41, 5.74) is 0. The minimum atomic E-state index is 0.856. The van der Waals surface area contributed by atoms with E-state index < -0.39 is 0 Å². The van der Waals surface area contributed by atoms with Crippen molar-refractivity contribution in [1.82, 2.24) is 4.98 Å². The first kappa shape index (κ1) is 9.52. The number of aromatic nitrogens is 1. The number of hydrogen-bond donors (Lipinski definition) is 0. The number of hydrogen-bond acceptors (Lipinski definition) is 4. The van der Waals surface area contributed by atoms with Gasteiger partial charge in [-0.2, -0.15) is 0 Å². The fourth-order valence-corrected chi connectivity index (χ4v) is 3.61. The molecule has 0 fully saturated rings. The van der Waals surface area contributed by atoms with Crippen molar-refractivity contribution < 1.29 is 0 Å². The van der Waals surface area contributed by atoms with Crippen LogP contribution in [-0.4, -0.2) is 4.98 Å². The third-order valence-electron chi connectivity index (χ3n) is 1.38. The van der Waals surface area contributed by atoms with Crippen molar-refractivity contribution in [3.63, 3.8) is 0 Å². The zero-order valence-corrected chi connectivity index (χ0v) is 9.77. The molecule has 2 heterocycles. The lowest BCUT2D eigenvalue weighted by molar-refractivity contribution is 1.25. The third-order valence-corrected chi connectivity index (χ3v) is 4.81. The largest absolute Gasteiger partial charge is 0.238 e. The van der Waals surface area contributed by atoms with Gasteiger partial charge in [0.15, 0.2) is 0 Å². The number of halogens is 1. The fraction of sp³-hybridized carbons (Fsp3) is 0.125. The average Bonchev–Trinajstić information content (AvgIpc) is 2.71. The highest BCUT2D eigenvalue weighted by Gasteiger charge is 2.00. The van der Waals surface area contributed by atoms with Gasteiger partial charge in [-0.15, -0.1) is 22.7 Å². The van der Waals surface area contributed by atoms with Crippen LogP contribution in [-0.2, 0) is 5.75 Å². The highest BCUT2D eigenvalue weighted by atomic mass is 35.5. The summed E-state index contributed by atoms with van der Waals surface area (Å²) in [6.07, 6.45) is 1.83. The highest BCUT2D eigenvalue weighted by molar-refractivity contribution is 8.00. The predicted molar refractivity (Wildman–Crippen MR) is 61.0 cm³/mol. The Labute approximate surface area is 93.8 Å². The molecule has 2 aromatic rings. The summed E-state index contributed by atoms with van der Waals surface area (Å²) in [5.74, 6) is 0.963. The van der Waals surface area contributed by atoms with E-state index in [-0.39, 0.29) is 0 Å². The Hall–Kier alpha value is -0.0300. The summed E-state index contributed by atoms with van der Waals surface area (Å²) < 4.78 is 1.97. The maximum Gasteiger partial charge on any atom is 0.150 e. The molecular weight excluding hydrogens is 242 g/mol. The summed E-state index contributed by atoms with van der Waals surface area (Å²) in [7, 11) is 0. The normalized spacial score (nSPS) is 10.5. The van der Waals surface area contributed by atoms with Crippen LogP contribution >= 0.6 is 46.0 Å². The summed E-state index contributed by atoms with van der Waals surface area (Å²) in [5, 5.41) is 1.99. The Kier molecular flexibility index (Phi) is 3.27. The first-order chi connectivity index (χ1) is 6.34. The standard InChI is InChI=1S/C8H6ClNS3/c9-7-2-1-6(13-7)5-12-8-10-3-4-11-8/h1-4H,5H2. The Morgan fingerprint density at radius 1 is 1.46 bits per heavy atom. The van der Waals surface area contributed by atoms with E-state index in [0.29, 0.717) is 0 Å². The van der Waals surface area contributed by atoms with Gasteiger partial charge in [-0.25, -0.2) is 4.98 Å². The molecule has 0 atom stereocenters. The number of thioether (sulfide) groups is 1. The number of thiazole rings is 1. The van der Waals surface area contributed by atoms with Gasteiger partial charge in [-0.3, -0.25) is 0 Å². The maximum atomic E-state index is 5.82. The molecule has 0 aliphatic rings. The molecule has 13 heavy (non-hydrogen) atoms. The Bertz CT molecular complexity index is 368. The second-order valence-corrected chi connectivity index (χ2v) is 6.21. The lowest BCUT2D eigenvalue weighted by Gasteiger charge is -1.92. The summed E-state index contributed by atoms with van der Waals surface area (Å²) in [4.78, 5) is 5.49. The molecule has 2 aromatic heterocycles. The minimum absolute atomic E-state index is 0.856. The van der Waals surface area contributed by atoms with Crippen LogP contribution in [0.2, 0.25) is 4.34 Å². The zero-order valence-electron chi connectivity index (χ0n) is 6.57. The molecule has 0 saturated heterocycles. The molecule has 0 aliphatic heterocycles. The van der Waals surface area contributed by atoms with Crippen LogP contribution in [0.5, 0.6) is 0 Å². The molecule has 0 radical (unpaired) electrons. The van der Waals surface area contributed by atoms with Crippen molar-refractivity contribution in [1.29, 1.82) is 0 Å². The molecule has 0 bridgehead atoms. The number of rotatable bonds is 3. The van der Waals surface area contributed by atoms with Crippen molar-refractivity contribution >= 4 is 46.0 Å². The van der Waals surface area contributed by atoms with Crippen molar-refractivity contribution in [3.05, 3.63) is 32.9 Å². The van der Waals surface area contributed by atoms with Gasteiger partial charge in [-0.1, -0.05) is 23.4 Å². The van der Waals surface area contributed by atoms with Crippen LogP contribution in [0.4, 0.5) is 0 Å². The molecule has 0 saturated carbocycles. The van der Waals surface area contributed by atoms with E-state index in [1.54, 1.807) is 34.4 Å². The first-order valence-electron chi connectivity index (χ1n) is 3.61. The Morgan fingerprint density at radius 3 is 3.00 bits per heavy atom. The molecule has 0 N–H and O–H groups in total. The Balaban J connectivity index is 1.93. The number of thiophene rings is 1. The highest BCUT2D eigenvalue weighted by Crippen LogP contribution is 2.29. The van der Waals surface area contributed by atoms with Gasteiger partial charge in [0, 0.05) is 22.2 Å². The second kappa shape index (κ2) is 4.46. The minimum Gasteiger partial charge on any atom is -0.238 e. The predicted octanol–water partition coefficient (Wildman–Crippen LogP) is 4.15. The van der Waals surface area contributed by atoms with Crippen LogP contribution in [0.1, 0.15) is 4.88 Å². The van der Waals surface area contributed by atoms with Crippen LogP contribution in [0.15, 0.2) is 28.0 Å². The molecule has 2 rings (SSSR count). The van der Waals surface area contributed by atoms with Gasteiger partial charge < -0.3 is 0 Å². The van der Waals surface area contributed by atoms with E-state index in [1.165, 1.54) is 4.88 Å². The second-order valence-electron chi connectivity index (χ2n) is 2.29. The van der Waals surface area contributed by atoms with Gasteiger partial charge in [0.05, 0.1) is 4.34 Å². The third kappa shape index (κ3) is 2.71. The van der Waals surface area contributed by atoms with Crippen molar-refractivity contribution in [2.24, 2.45) is 0 Å². The van der Waals surface area contributed by atoms with Crippen LogP contribution in [0.3, 0.4) is 0 Å². The van der Waals surface area contributed by atoms with Crippen LogP contribution < -0.4 is 0 Å². The molecule has 0 amide bonds. The van der Waals surface area contributed by atoms with Crippen molar-refractivity contribution in [2.45, 2.75) is 10.1 Å². The maximum absolute atomic E-state index is 5.82. The zero-order chi connectivity index (χ0) is 9.10. The number of nitrogens with zero attached hydrogens (tertiary/aromatic N) is 1. The fourth-order valence-electron chi connectivity index (χ4n) is 0.844. The SMILES string of the molecule is Clc1ccc(CSc2nccs2)s1. The van der Waals surface area contributed by atoms with E-state index in [1.807, 2.05) is 17.6 Å². The molecule has 0 unspecified atom stereocenters. The topological polar surface area (TPSA) is 12.9 Å². The van der Waals surface area contributed by atoms with Crippen molar-refractivity contribution in [2.75, 3.05) is 0 Å². The van der Waals surface area contributed by atoms with E-state index in [4.69, 9.17) is 11.6 Å². The summed E-state index contributed by atoms with van der Waals surface area (Å²) >= 11 is 10.9. The van der Waals surface area contributed by atoms with Gasteiger partial charge >= 0.3 is 0 Å². The van der Waals surface area contributed by atoms with Gasteiger partial charge in [0.1, 0.15) is 4.34 Å². The molecule has 1 nitrogen and oxygen atoms in total. The van der Waals surface area contributed by atoms with Crippen LogP contribution in [0.25, 0.3) is 0 Å². The van der Waals surface area contributed by atoms with Crippen LogP contribution in [0, 0.1) is 0 Å². The Morgan fingerprint density at radius 2 is 2.38 bits per heavy atom. The first-order valence-corrected chi connectivity index (χ1v) is 6.67. The lowest BCUT2D eigenvalue weighted by Crippen LogP contribution is -1.71. The molecule has 0 aromatic carbocycles. The lowest BCUT2D eigenvalue weighted by atomic mass is 10.5. The molecule has 0 spiro atoms. The molecular formula is C8H6ClNS3. The quantitative estimate of drug-likeness (QED) is 0.756. The van der Waals surface area contributed by atoms with E-state index in [2.05, 4.69) is 11.1 Å². The van der Waals surface area contributed by atoms with Gasteiger partial charge in [-0.05, 0) is 12.1 Å². The van der Waals surface area contributed by atoms with E-state index in [0.717, 1.165) is 14.4 Å². The molecule has 68 valence electrons. The molecule has 5 heteroatoms. The van der Waals surface area contributed by atoms with E-state index in [9.17, 15) is 0 Å². The van der Waals surface area contributed by atoms with Gasteiger partial charge in [0.2, 0.25) is 0 Å². The average molecular weight is 248 g/mol. The molecule has 0 aliphatic carbocycles. The van der Waals surface area contributed by atoms with Crippen molar-refractivity contribution in [3.8, 4) is 0 Å². The van der Waals surface area contributed by atoms with E-state index >= 15 is 0 Å². The summed E-state index contributed by atoms with van der Waals surface area (Å²) in [6.45, 7) is 0.